The molecule has 0 spiro atoms. The van der Waals surface area contributed by atoms with Gasteiger partial charge in [-0.05, 0) is 30.5 Å². The maximum absolute atomic E-state index is 12.5. The van der Waals surface area contributed by atoms with Crippen molar-refractivity contribution in [1.29, 1.82) is 0 Å². The molecular formula is C20H20N4O2S. The van der Waals surface area contributed by atoms with Crippen LogP contribution in [0.15, 0.2) is 53.9 Å². The molecule has 1 amide bonds. The van der Waals surface area contributed by atoms with Crippen LogP contribution in [0.3, 0.4) is 0 Å². The van der Waals surface area contributed by atoms with Gasteiger partial charge in [0.2, 0.25) is 5.88 Å². The second-order valence-electron chi connectivity index (χ2n) is 6.28. The van der Waals surface area contributed by atoms with Crippen molar-refractivity contribution in [2.24, 2.45) is 0 Å². The topological polar surface area (TPSA) is 58.6 Å². The number of aromatic nitrogens is 2. The molecule has 1 aromatic carbocycles. The molecule has 138 valence electrons. The molecule has 0 radical (unpaired) electrons. The maximum atomic E-state index is 12.5. The van der Waals surface area contributed by atoms with Gasteiger partial charge in [-0.1, -0.05) is 24.3 Å². The van der Waals surface area contributed by atoms with Crippen LogP contribution in [0.4, 0.5) is 5.82 Å². The average molecular weight is 380 g/mol. The maximum Gasteiger partial charge on any atom is 0.264 e. The first-order valence-electron chi connectivity index (χ1n) is 8.85. The highest BCUT2D eigenvalue weighted by atomic mass is 32.1. The molecule has 1 aliphatic heterocycles. The third-order valence-electron chi connectivity index (χ3n) is 4.39. The molecule has 0 atom stereocenters. The molecular weight excluding hydrogens is 360 g/mol. The summed E-state index contributed by atoms with van der Waals surface area (Å²) >= 11 is 1.48. The van der Waals surface area contributed by atoms with Crippen molar-refractivity contribution in [3.05, 3.63) is 64.6 Å². The highest BCUT2D eigenvalue weighted by Gasteiger charge is 2.24. The van der Waals surface area contributed by atoms with E-state index in [1.807, 2.05) is 65.7 Å². The van der Waals surface area contributed by atoms with Gasteiger partial charge in [-0.3, -0.25) is 4.79 Å². The van der Waals surface area contributed by atoms with Crippen molar-refractivity contribution in [3.8, 4) is 11.6 Å². The monoisotopic (exact) mass is 380 g/mol. The molecule has 0 N–H and O–H groups in total. The molecule has 3 aromatic rings. The fourth-order valence-corrected chi connectivity index (χ4v) is 3.73. The summed E-state index contributed by atoms with van der Waals surface area (Å²) in [6.07, 6.45) is 0. The number of ether oxygens (including phenoxy) is 1. The van der Waals surface area contributed by atoms with E-state index >= 15 is 0 Å². The highest BCUT2D eigenvalue weighted by molar-refractivity contribution is 7.12. The Labute approximate surface area is 162 Å². The van der Waals surface area contributed by atoms with E-state index in [9.17, 15) is 4.79 Å². The third kappa shape index (κ3) is 4.09. The number of anilines is 1. The Morgan fingerprint density at radius 2 is 1.81 bits per heavy atom. The first kappa shape index (κ1) is 17.5. The highest BCUT2D eigenvalue weighted by Crippen LogP contribution is 2.24. The van der Waals surface area contributed by atoms with Gasteiger partial charge in [0.15, 0.2) is 0 Å². The molecule has 0 aliphatic carbocycles. The van der Waals surface area contributed by atoms with E-state index in [1.54, 1.807) is 0 Å². The Hall–Kier alpha value is -2.93. The number of hydrogen-bond acceptors (Lipinski definition) is 6. The molecule has 6 nitrogen and oxygen atoms in total. The van der Waals surface area contributed by atoms with Gasteiger partial charge in [0.1, 0.15) is 17.4 Å². The molecule has 3 heterocycles. The summed E-state index contributed by atoms with van der Waals surface area (Å²) in [7, 11) is 0. The Kier molecular flexibility index (Phi) is 5.02. The van der Waals surface area contributed by atoms with Crippen molar-refractivity contribution < 1.29 is 9.53 Å². The standard InChI is InChI=1S/C20H20N4O2S/c1-15-21-18(14-19(22-15)26-16-6-3-2-4-7-16)23-9-11-24(12-10-23)20(25)17-8-5-13-27-17/h2-8,13-14H,9-12H2,1H3. The second kappa shape index (κ2) is 7.75. The fourth-order valence-electron chi connectivity index (χ4n) is 3.04. The summed E-state index contributed by atoms with van der Waals surface area (Å²) in [5.41, 5.74) is 0. The number of amides is 1. The van der Waals surface area contributed by atoms with Crippen molar-refractivity contribution in [2.45, 2.75) is 6.92 Å². The molecule has 4 rings (SSSR count). The van der Waals surface area contributed by atoms with E-state index in [-0.39, 0.29) is 5.91 Å². The van der Waals surface area contributed by atoms with Crippen LogP contribution >= 0.6 is 11.3 Å². The summed E-state index contributed by atoms with van der Waals surface area (Å²) in [5.74, 6) is 2.87. The minimum atomic E-state index is 0.108. The van der Waals surface area contributed by atoms with Gasteiger partial charge < -0.3 is 14.5 Å². The smallest absolute Gasteiger partial charge is 0.264 e. The van der Waals surface area contributed by atoms with Crippen LogP contribution in [0.25, 0.3) is 0 Å². The quantitative estimate of drug-likeness (QED) is 0.692. The normalized spacial score (nSPS) is 14.3. The van der Waals surface area contributed by atoms with E-state index < -0.39 is 0 Å². The van der Waals surface area contributed by atoms with Gasteiger partial charge in [0, 0.05) is 32.2 Å². The SMILES string of the molecule is Cc1nc(Oc2ccccc2)cc(N2CCN(C(=O)c3cccs3)CC2)n1. The van der Waals surface area contributed by atoms with E-state index in [2.05, 4.69) is 14.9 Å². The summed E-state index contributed by atoms with van der Waals surface area (Å²) < 4.78 is 5.86. The van der Waals surface area contributed by atoms with Crippen LogP contribution < -0.4 is 9.64 Å². The summed E-state index contributed by atoms with van der Waals surface area (Å²) in [6, 6.07) is 15.2. The molecule has 1 fully saturated rings. The van der Waals surface area contributed by atoms with Crippen molar-refractivity contribution >= 4 is 23.1 Å². The molecule has 1 aliphatic rings. The predicted molar refractivity (Wildman–Crippen MR) is 106 cm³/mol. The van der Waals surface area contributed by atoms with Gasteiger partial charge in [-0.15, -0.1) is 11.3 Å². The number of hydrogen-bond donors (Lipinski definition) is 0. The molecule has 0 bridgehead atoms. The van der Waals surface area contributed by atoms with E-state index in [4.69, 9.17) is 4.74 Å². The number of benzene rings is 1. The first-order valence-corrected chi connectivity index (χ1v) is 9.73. The number of rotatable bonds is 4. The van der Waals surface area contributed by atoms with Crippen LogP contribution in [0, 0.1) is 6.92 Å². The summed E-state index contributed by atoms with van der Waals surface area (Å²) in [6.45, 7) is 4.68. The molecule has 0 unspecified atom stereocenters. The van der Waals surface area contributed by atoms with Crippen LogP contribution in [0.5, 0.6) is 11.6 Å². The van der Waals surface area contributed by atoms with Gasteiger partial charge >= 0.3 is 0 Å². The largest absolute Gasteiger partial charge is 0.439 e. The van der Waals surface area contributed by atoms with Gasteiger partial charge in [-0.2, -0.15) is 4.98 Å². The molecule has 7 heteroatoms. The average Bonchev–Trinajstić information content (AvgIpc) is 3.23. The van der Waals surface area contributed by atoms with Crippen LogP contribution in [-0.4, -0.2) is 47.0 Å². The Balaban J connectivity index is 1.44. The number of piperazine rings is 1. The lowest BCUT2D eigenvalue weighted by Gasteiger charge is -2.35. The molecule has 27 heavy (non-hydrogen) atoms. The molecule has 2 aromatic heterocycles. The van der Waals surface area contributed by atoms with E-state index in [1.165, 1.54) is 11.3 Å². The van der Waals surface area contributed by atoms with Crippen LogP contribution in [0.1, 0.15) is 15.5 Å². The minimum absolute atomic E-state index is 0.108. The number of aryl methyl sites for hydroxylation is 1. The predicted octanol–water partition coefficient (Wildman–Crippen LogP) is 3.60. The zero-order chi connectivity index (χ0) is 18.6. The van der Waals surface area contributed by atoms with Crippen molar-refractivity contribution in [1.82, 2.24) is 14.9 Å². The Morgan fingerprint density at radius 1 is 1.04 bits per heavy atom. The number of thiophene rings is 1. The Bertz CT molecular complexity index is 907. The molecule has 0 saturated carbocycles. The first-order chi connectivity index (χ1) is 13.2. The summed E-state index contributed by atoms with van der Waals surface area (Å²) in [4.78, 5) is 26.3. The number of carbonyl (C=O) groups is 1. The van der Waals surface area contributed by atoms with Gasteiger partial charge in [0.05, 0.1) is 4.88 Å². The fraction of sp³-hybridized carbons (Fsp3) is 0.250. The van der Waals surface area contributed by atoms with Crippen LogP contribution in [0.2, 0.25) is 0 Å². The number of carbonyl (C=O) groups excluding carboxylic acids is 1. The van der Waals surface area contributed by atoms with Crippen molar-refractivity contribution in [3.63, 3.8) is 0 Å². The molecule has 1 saturated heterocycles. The van der Waals surface area contributed by atoms with Crippen molar-refractivity contribution in [2.75, 3.05) is 31.1 Å². The second-order valence-corrected chi connectivity index (χ2v) is 7.23. The third-order valence-corrected chi connectivity index (χ3v) is 5.25. The zero-order valence-electron chi connectivity index (χ0n) is 15.0. The van der Waals surface area contributed by atoms with E-state index in [0.717, 1.165) is 29.5 Å². The van der Waals surface area contributed by atoms with E-state index in [0.29, 0.717) is 24.8 Å². The van der Waals surface area contributed by atoms with Gasteiger partial charge in [-0.25, -0.2) is 4.98 Å². The Morgan fingerprint density at radius 3 is 2.52 bits per heavy atom. The number of para-hydroxylation sites is 1. The lowest BCUT2D eigenvalue weighted by Crippen LogP contribution is -2.49. The lowest BCUT2D eigenvalue weighted by atomic mass is 10.3. The zero-order valence-corrected chi connectivity index (χ0v) is 15.9. The minimum Gasteiger partial charge on any atom is -0.439 e. The van der Waals surface area contributed by atoms with Gasteiger partial charge in [0.25, 0.3) is 5.91 Å². The lowest BCUT2D eigenvalue weighted by molar-refractivity contribution is 0.0751. The van der Waals surface area contributed by atoms with Crippen LogP contribution in [-0.2, 0) is 0 Å². The number of nitrogens with zero attached hydrogens (tertiary/aromatic N) is 4. The summed E-state index contributed by atoms with van der Waals surface area (Å²) in [5, 5.41) is 1.93.